The van der Waals surface area contributed by atoms with Crippen molar-refractivity contribution in [1.82, 2.24) is 10.2 Å². The number of hydrogen-bond donors (Lipinski definition) is 2. The molecule has 0 saturated heterocycles. The van der Waals surface area contributed by atoms with E-state index in [4.69, 9.17) is 0 Å². The average molecular weight is 202 g/mol. The molecule has 0 aliphatic heterocycles. The molecule has 2 N–H and O–H groups in total. The summed E-state index contributed by atoms with van der Waals surface area (Å²) < 4.78 is 0. The van der Waals surface area contributed by atoms with Gasteiger partial charge in [0.25, 0.3) is 0 Å². The van der Waals surface area contributed by atoms with Crippen molar-refractivity contribution in [3.8, 4) is 0 Å². The first-order valence-corrected chi connectivity index (χ1v) is 5.07. The van der Waals surface area contributed by atoms with E-state index in [9.17, 15) is 5.11 Å². The van der Waals surface area contributed by atoms with Gasteiger partial charge in [0, 0.05) is 6.20 Å². The Morgan fingerprint density at radius 1 is 1.27 bits per heavy atom. The lowest BCUT2D eigenvalue weighted by atomic mass is 10.0. The number of rotatable bonds is 3. The number of benzene rings is 1. The van der Waals surface area contributed by atoms with Crippen LogP contribution in [0, 0.1) is 0 Å². The van der Waals surface area contributed by atoms with Crippen molar-refractivity contribution in [2.45, 2.75) is 19.4 Å². The van der Waals surface area contributed by atoms with Crippen molar-refractivity contribution in [3.63, 3.8) is 0 Å². The third kappa shape index (κ3) is 2.07. The minimum atomic E-state index is -0.613. The Morgan fingerprint density at radius 2 is 2.00 bits per heavy atom. The first kappa shape index (κ1) is 9.93. The van der Waals surface area contributed by atoms with Crippen LogP contribution in [0.3, 0.4) is 0 Å². The third-order valence-electron chi connectivity index (χ3n) is 2.52. The van der Waals surface area contributed by atoms with Crippen molar-refractivity contribution < 1.29 is 5.11 Å². The number of aromatic amines is 1. The molecule has 78 valence electrons. The van der Waals surface area contributed by atoms with Gasteiger partial charge >= 0.3 is 0 Å². The molecule has 1 unspecified atom stereocenters. The highest BCUT2D eigenvalue weighted by Crippen LogP contribution is 2.19. The number of nitrogens with zero attached hydrogens (tertiary/aromatic N) is 1. The zero-order valence-electron chi connectivity index (χ0n) is 8.64. The Morgan fingerprint density at radius 3 is 2.53 bits per heavy atom. The molecule has 0 aliphatic rings. The maximum atomic E-state index is 9.97. The first-order valence-electron chi connectivity index (χ1n) is 5.07. The molecule has 0 bridgehead atoms. The molecule has 1 atom stereocenters. The third-order valence-corrected chi connectivity index (χ3v) is 2.52. The summed E-state index contributed by atoms with van der Waals surface area (Å²) in [5.74, 6) is 0. The summed E-state index contributed by atoms with van der Waals surface area (Å²) in [5, 5.41) is 16.6. The van der Waals surface area contributed by atoms with Gasteiger partial charge in [-0.05, 0) is 23.6 Å². The smallest absolute Gasteiger partial charge is 0.120 e. The van der Waals surface area contributed by atoms with Crippen LogP contribution in [0.1, 0.15) is 29.8 Å². The second kappa shape index (κ2) is 4.28. The summed E-state index contributed by atoms with van der Waals surface area (Å²) in [4.78, 5) is 0. The fraction of sp³-hybridized carbons (Fsp3) is 0.250. The van der Waals surface area contributed by atoms with Crippen LogP contribution in [-0.4, -0.2) is 15.3 Å². The fourth-order valence-corrected chi connectivity index (χ4v) is 1.53. The van der Waals surface area contributed by atoms with E-state index in [-0.39, 0.29) is 0 Å². The van der Waals surface area contributed by atoms with Crippen LogP contribution < -0.4 is 0 Å². The van der Waals surface area contributed by atoms with E-state index in [1.165, 1.54) is 5.56 Å². The molecule has 0 radical (unpaired) electrons. The zero-order valence-corrected chi connectivity index (χ0v) is 8.64. The lowest BCUT2D eigenvalue weighted by Gasteiger charge is -2.09. The van der Waals surface area contributed by atoms with Gasteiger partial charge in [-0.2, -0.15) is 5.10 Å². The molecular weight excluding hydrogens is 188 g/mol. The summed E-state index contributed by atoms with van der Waals surface area (Å²) in [6, 6.07) is 9.75. The quantitative estimate of drug-likeness (QED) is 0.800. The Bertz CT molecular complexity index is 406. The highest BCUT2D eigenvalue weighted by Gasteiger charge is 2.10. The molecule has 15 heavy (non-hydrogen) atoms. The first-order chi connectivity index (χ1) is 7.31. The van der Waals surface area contributed by atoms with Gasteiger partial charge in [-0.15, -0.1) is 0 Å². The molecule has 0 aliphatic carbocycles. The van der Waals surface area contributed by atoms with Crippen LogP contribution in [-0.2, 0) is 6.42 Å². The van der Waals surface area contributed by atoms with Gasteiger partial charge in [-0.1, -0.05) is 31.2 Å². The molecule has 1 heterocycles. The van der Waals surface area contributed by atoms with E-state index in [1.54, 1.807) is 12.3 Å². The monoisotopic (exact) mass is 202 g/mol. The number of nitrogens with one attached hydrogen (secondary N) is 1. The molecule has 3 heteroatoms. The normalized spacial score (nSPS) is 12.7. The van der Waals surface area contributed by atoms with Crippen LogP contribution in [0.5, 0.6) is 0 Å². The van der Waals surface area contributed by atoms with Crippen molar-refractivity contribution in [1.29, 1.82) is 0 Å². The van der Waals surface area contributed by atoms with Gasteiger partial charge in [0.05, 0.1) is 5.69 Å². The van der Waals surface area contributed by atoms with Crippen LogP contribution >= 0.6 is 0 Å². The number of hydrogen-bond acceptors (Lipinski definition) is 2. The number of aliphatic hydroxyl groups is 1. The molecule has 1 aromatic heterocycles. The van der Waals surface area contributed by atoms with E-state index < -0.39 is 6.10 Å². The van der Waals surface area contributed by atoms with Crippen LogP contribution in [0.15, 0.2) is 36.5 Å². The summed E-state index contributed by atoms with van der Waals surface area (Å²) in [6.07, 6.45) is 2.04. The Hall–Kier alpha value is -1.61. The van der Waals surface area contributed by atoms with Crippen molar-refractivity contribution in [3.05, 3.63) is 53.3 Å². The Kier molecular flexibility index (Phi) is 2.83. The minimum Gasteiger partial charge on any atom is -0.382 e. The fourth-order valence-electron chi connectivity index (χ4n) is 1.53. The number of aliphatic hydroxyl groups excluding tert-OH is 1. The van der Waals surface area contributed by atoms with Gasteiger partial charge in [-0.3, -0.25) is 5.10 Å². The van der Waals surface area contributed by atoms with E-state index >= 15 is 0 Å². The van der Waals surface area contributed by atoms with Crippen LogP contribution in [0.25, 0.3) is 0 Å². The largest absolute Gasteiger partial charge is 0.382 e. The number of aromatic nitrogens is 2. The van der Waals surface area contributed by atoms with E-state index in [0.29, 0.717) is 0 Å². The van der Waals surface area contributed by atoms with Crippen LogP contribution in [0.4, 0.5) is 0 Å². The summed E-state index contributed by atoms with van der Waals surface area (Å²) in [6.45, 7) is 2.11. The van der Waals surface area contributed by atoms with Crippen molar-refractivity contribution in [2.75, 3.05) is 0 Å². The van der Waals surface area contributed by atoms with E-state index in [2.05, 4.69) is 17.1 Å². The average Bonchev–Trinajstić information content (AvgIpc) is 2.82. The Balaban J connectivity index is 2.22. The van der Waals surface area contributed by atoms with Crippen molar-refractivity contribution >= 4 is 0 Å². The summed E-state index contributed by atoms with van der Waals surface area (Å²) in [7, 11) is 0. The lowest BCUT2D eigenvalue weighted by Crippen LogP contribution is -2.00. The molecule has 2 aromatic rings. The predicted molar refractivity (Wildman–Crippen MR) is 58.5 cm³/mol. The minimum absolute atomic E-state index is 0.613. The number of aryl methyl sites for hydroxylation is 1. The SMILES string of the molecule is CCc1ccc(C(O)c2ccn[nH]2)cc1. The maximum absolute atomic E-state index is 9.97. The highest BCUT2D eigenvalue weighted by molar-refractivity contribution is 5.28. The summed E-state index contributed by atoms with van der Waals surface area (Å²) >= 11 is 0. The van der Waals surface area contributed by atoms with Gasteiger partial charge in [0.15, 0.2) is 0 Å². The summed E-state index contributed by atoms with van der Waals surface area (Å²) in [5.41, 5.74) is 2.88. The molecule has 2 rings (SSSR count). The highest BCUT2D eigenvalue weighted by atomic mass is 16.3. The molecule has 0 spiro atoms. The van der Waals surface area contributed by atoms with Gasteiger partial charge < -0.3 is 5.11 Å². The molecule has 1 aromatic carbocycles. The Labute approximate surface area is 88.8 Å². The van der Waals surface area contributed by atoms with E-state index in [1.807, 2.05) is 24.3 Å². The standard InChI is InChI=1S/C12H14N2O/c1-2-9-3-5-10(6-4-9)12(15)11-7-8-13-14-11/h3-8,12,15H,2H2,1H3,(H,13,14). The maximum Gasteiger partial charge on any atom is 0.120 e. The topological polar surface area (TPSA) is 48.9 Å². The number of H-pyrrole nitrogens is 1. The van der Waals surface area contributed by atoms with Crippen LogP contribution in [0.2, 0.25) is 0 Å². The second-order valence-corrected chi connectivity index (χ2v) is 3.51. The molecule has 0 fully saturated rings. The van der Waals surface area contributed by atoms with Gasteiger partial charge in [-0.25, -0.2) is 0 Å². The molecule has 0 amide bonds. The van der Waals surface area contributed by atoms with Crippen molar-refractivity contribution in [2.24, 2.45) is 0 Å². The predicted octanol–water partition coefficient (Wildman–Crippen LogP) is 2.05. The van der Waals surface area contributed by atoms with Gasteiger partial charge in [0.1, 0.15) is 6.10 Å². The van der Waals surface area contributed by atoms with Gasteiger partial charge in [0.2, 0.25) is 0 Å². The molecule has 3 nitrogen and oxygen atoms in total. The molecule has 0 saturated carbocycles. The second-order valence-electron chi connectivity index (χ2n) is 3.51. The lowest BCUT2D eigenvalue weighted by molar-refractivity contribution is 0.215. The zero-order chi connectivity index (χ0) is 10.7. The van der Waals surface area contributed by atoms with E-state index in [0.717, 1.165) is 17.7 Å². The molecular formula is C12H14N2O.